The summed E-state index contributed by atoms with van der Waals surface area (Å²) in [6, 6.07) is 43.6. The molecule has 71 heavy (non-hydrogen) atoms. The van der Waals surface area contributed by atoms with Gasteiger partial charge in [-0.2, -0.15) is 0 Å². The van der Waals surface area contributed by atoms with E-state index < -0.39 is 13.3 Å². The van der Waals surface area contributed by atoms with Gasteiger partial charge in [0.15, 0.2) is 0 Å². The first kappa shape index (κ1) is 50.2. The molecule has 5 aromatic heterocycles. The van der Waals surface area contributed by atoms with E-state index >= 15 is 0 Å². The number of aryl methyl sites for hydroxylation is 5. The minimum atomic E-state index is -1.90. The third-order valence-corrected chi connectivity index (χ3v) is 18.5. The maximum atomic E-state index is 6.71. The average molecular weight is 1170 g/mol. The zero-order chi connectivity index (χ0) is 49.2. The predicted molar refractivity (Wildman–Crippen MR) is 295 cm³/mol. The molecule has 1 radical (unpaired) electrons. The number of furan rings is 1. The van der Waals surface area contributed by atoms with E-state index in [0.717, 1.165) is 90.0 Å². The normalized spacial score (nSPS) is 12.9. The summed E-state index contributed by atoms with van der Waals surface area (Å²) < 4.78 is 10.5. The number of hydrogen-bond donors (Lipinski definition) is 0. The van der Waals surface area contributed by atoms with Crippen molar-refractivity contribution in [3.8, 4) is 39.6 Å². The Kier molecular flexibility index (Phi) is 13.9. The van der Waals surface area contributed by atoms with Crippen molar-refractivity contribution in [1.82, 2.24) is 24.5 Å². The molecule has 0 bridgehead atoms. The van der Waals surface area contributed by atoms with Crippen LogP contribution in [0.2, 0.25) is 17.3 Å². The fraction of sp³-hybridized carbons (Fsp3) is 0.302. The molecule has 11 rings (SSSR count). The molecule has 1 aliphatic rings. The van der Waals surface area contributed by atoms with E-state index in [4.69, 9.17) is 24.4 Å². The number of imidazole rings is 1. The molecule has 0 unspecified atom stereocenters. The molecule has 5 aromatic carbocycles. The van der Waals surface area contributed by atoms with Gasteiger partial charge in [0.05, 0.1) is 33.7 Å². The number of rotatable bonds is 7. The van der Waals surface area contributed by atoms with Crippen LogP contribution in [0.1, 0.15) is 92.1 Å². The van der Waals surface area contributed by atoms with Crippen LogP contribution in [0.3, 0.4) is 0 Å². The van der Waals surface area contributed by atoms with Crippen LogP contribution in [0.25, 0.3) is 83.6 Å². The van der Waals surface area contributed by atoms with Gasteiger partial charge in [-0.05, 0) is 91.4 Å². The Hall–Kier alpha value is -5.73. The van der Waals surface area contributed by atoms with Gasteiger partial charge in [-0.15, -0.1) is 17.7 Å². The molecule has 0 amide bonds. The summed E-state index contributed by atoms with van der Waals surface area (Å²) in [5, 5.41) is 3.07. The fourth-order valence-electron chi connectivity index (χ4n) is 10.6. The average Bonchev–Trinajstić information content (AvgIpc) is 3.91. The van der Waals surface area contributed by atoms with Crippen LogP contribution in [0, 0.1) is 45.7 Å². The van der Waals surface area contributed by atoms with E-state index in [1.54, 1.807) is 4.40 Å². The summed E-state index contributed by atoms with van der Waals surface area (Å²) in [5.41, 5.74) is 20.8. The first-order valence-electron chi connectivity index (χ1n) is 25.2. The number of aromatic nitrogens is 5. The third kappa shape index (κ3) is 9.70. The number of benzene rings is 5. The summed E-state index contributed by atoms with van der Waals surface area (Å²) >= 11 is -1.90. The summed E-state index contributed by atoms with van der Waals surface area (Å²) in [7, 11) is 0. The molecule has 0 saturated carbocycles. The second-order valence-electron chi connectivity index (χ2n) is 22.1. The molecule has 6 nitrogen and oxygen atoms in total. The Balaban J connectivity index is 0.000000211. The van der Waals surface area contributed by atoms with Crippen molar-refractivity contribution in [2.45, 2.75) is 117 Å². The Bertz CT molecular complexity index is 3610. The van der Waals surface area contributed by atoms with Crippen molar-refractivity contribution in [2.24, 2.45) is 5.92 Å². The van der Waals surface area contributed by atoms with Crippen LogP contribution in [-0.4, -0.2) is 37.8 Å². The monoisotopic (exact) mass is 1170 g/mol. The second kappa shape index (κ2) is 19.7. The van der Waals surface area contributed by atoms with Gasteiger partial charge < -0.3 is 8.98 Å². The molecule has 363 valence electrons. The zero-order valence-corrected chi connectivity index (χ0v) is 48.0. The molecular weight excluding hydrogens is 1110 g/mol. The van der Waals surface area contributed by atoms with Crippen LogP contribution in [-0.2, 0) is 44.8 Å². The van der Waals surface area contributed by atoms with Gasteiger partial charge >= 0.3 is 150 Å². The second-order valence-corrected chi connectivity index (χ2v) is 32.7. The quantitative estimate of drug-likeness (QED) is 0.117. The molecule has 10 aromatic rings. The van der Waals surface area contributed by atoms with Crippen LogP contribution in [0.4, 0.5) is 0 Å². The van der Waals surface area contributed by atoms with Gasteiger partial charge in [-0.1, -0.05) is 69.0 Å². The Morgan fingerprint density at radius 1 is 0.732 bits per heavy atom. The number of hydrogen-bond acceptors (Lipinski definition) is 5. The predicted octanol–water partition coefficient (Wildman–Crippen LogP) is 15.7. The van der Waals surface area contributed by atoms with Crippen molar-refractivity contribution in [1.29, 1.82) is 0 Å². The van der Waals surface area contributed by atoms with Gasteiger partial charge in [0, 0.05) is 47.8 Å². The van der Waals surface area contributed by atoms with E-state index in [9.17, 15) is 0 Å². The molecule has 0 fully saturated rings. The Morgan fingerprint density at radius 2 is 1.45 bits per heavy atom. The van der Waals surface area contributed by atoms with E-state index in [0.29, 0.717) is 11.6 Å². The summed E-state index contributed by atoms with van der Waals surface area (Å²) in [6.07, 6.45) is 8.37. The van der Waals surface area contributed by atoms with Gasteiger partial charge in [0.25, 0.3) is 0 Å². The van der Waals surface area contributed by atoms with Gasteiger partial charge in [0.2, 0.25) is 5.71 Å². The molecule has 8 heteroatoms. The van der Waals surface area contributed by atoms with Crippen molar-refractivity contribution < 1.29 is 24.5 Å². The van der Waals surface area contributed by atoms with E-state index in [1.165, 1.54) is 64.6 Å². The summed E-state index contributed by atoms with van der Waals surface area (Å²) in [6.45, 7) is 19.7. The number of pyridine rings is 3. The van der Waals surface area contributed by atoms with Crippen LogP contribution in [0.5, 0.6) is 0 Å². The largest absolute Gasteiger partial charge is 0.486 e. The Labute approximate surface area is 436 Å². The fourth-order valence-corrected chi connectivity index (χ4v) is 14.0. The number of fused-ring (bicyclic) bond motifs is 7. The van der Waals surface area contributed by atoms with Crippen molar-refractivity contribution in [2.75, 3.05) is 0 Å². The smallest absolute Gasteiger partial charge is 0.216 e. The molecule has 0 aliphatic heterocycles. The first-order valence-corrected chi connectivity index (χ1v) is 32.5. The van der Waals surface area contributed by atoms with E-state index in [2.05, 4.69) is 193 Å². The zero-order valence-electron chi connectivity index (χ0n) is 43.5. The van der Waals surface area contributed by atoms with E-state index in [1.807, 2.05) is 13.0 Å². The van der Waals surface area contributed by atoms with Crippen LogP contribution in [0.15, 0.2) is 114 Å². The summed E-state index contributed by atoms with van der Waals surface area (Å²) in [4.78, 5) is 20.1. The SMILES string of the molecule is CC(C)Cc1cc(-c2[c-]ccc3c2CCCC3)nc[c]1[Ge]([CH3])([CH3])[CH3].Cc1ccc2c(ccc3nc(-c4[c-]cc(C)c5c4oc4nc(-c6c(C)cccc6C)ccc45)n(-c4ccc(C(C)(C)C)cc4)c32)n1.[Ir]. The number of nitrogens with zero attached hydrogens (tertiary/aromatic N) is 5. The molecule has 0 saturated heterocycles. The molecule has 5 heterocycles. The maximum absolute atomic E-state index is 6.71. The minimum absolute atomic E-state index is 0. The van der Waals surface area contributed by atoms with Gasteiger partial charge in [-0.25, -0.2) is 4.98 Å². The van der Waals surface area contributed by atoms with Gasteiger partial charge in [0.1, 0.15) is 0 Å². The third-order valence-electron chi connectivity index (χ3n) is 14.2. The van der Waals surface area contributed by atoms with Crippen LogP contribution < -0.4 is 4.40 Å². The standard InChI is InChI=1S/C41H35N4O.C22H30GeN.Ir/c1-23-9-8-10-24(2)35(23)33-20-19-30-36-25(3)11-17-31(38(36)46-40(30)44-33)39-43-34-22-21-32-29(18-12-26(4)42-32)37(34)45(39)28-15-13-27(14-16-28)41(5,6)7;1-16(2)13-18-14-22(24-15-21(18)23(3,4)5)20-12-8-10-17-9-6-7-11-19(17)20;/h8-16,18-22H,1-7H3;8,10,14-16H,6-7,9,11,13H2,1-5H3;/q2*-1;. The molecule has 0 atom stereocenters. The molecule has 0 N–H and O–H groups in total. The van der Waals surface area contributed by atoms with Crippen molar-refractivity contribution in [3.05, 3.63) is 166 Å². The van der Waals surface area contributed by atoms with Crippen LogP contribution >= 0.6 is 0 Å². The van der Waals surface area contributed by atoms with Crippen molar-refractivity contribution >= 4 is 61.7 Å². The van der Waals surface area contributed by atoms with E-state index in [-0.39, 0.29) is 25.5 Å². The molecule has 1 aliphatic carbocycles. The topological polar surface area (TPSA) is 69.6 Å². The maximum Gasteiger partial charge on any atom is 0.216 e. The minimum Gasteiger partial charge on any atom is -0.486 e. The first-order chi connectivity index (χ1) is 33.4. The molecular formula is C63H65GeIrN5O-2. The van der Waals surface area contributed by atoms with Gasteiger partial charge in [-0.3, -0.25) is 9.97 Å². The summed E-state index contributed by atoms with van der Waals surface area (Å²) in [5.74, 6) is 8.86. The Morgan fingerprint density at radius 3 is 2.17 bits per heavy atom. The molecule has 0 spiro atoms. The van der Waals surface area contributed by atoms with Crippen molar-refractivity contribution in [3.63, 3.8) is 0 Å².